The van der Waals surface area contributed by atoms with Crippen molar-refractivity contribution in [2.45, 2.75) is 44.2 Å². The minimum absolute atomic E-state index is 0.176. The van der Waals surface area contributed by atoms with Crippen LogP contribution in [0.2, 0.25) is 0 Å². The first-order valence-corrected chi connectivity index (χ1v) is 5.42. The summed E-state index contributed by atoms with van der Waals surface area (Å²) in [6, 6.07) is -0.247. The lowest BCUT2D eigenvalue weighted by Crippen LogP contribution is -2.50. The normalized spacial score (nSPS) is 20.1. The van der Waals surface area contributed by atoms with E-state index in [0.29, 0.717) is 0 Å². The molecule has 0 saturated heterocycles. The molecule has 0 spiro atoms. The zero-order chi connectivity index (χ0) is 12.2. The molecule has 1 aliphatic rings. The highest BCUT2D eigenvalue weighted by Crippen LogP contribution is 2.17. The van der Waals surface area contributed by atoms with Crippen LogP contribution in [0, 0.1) is 0 Å². The lowest BCUT2D eigenvalue weighted by atomic mass is 10.1. The number of carbonyl (C=O) groups is 2. The summed E-state index contributed by atoms with van der Waals surface area (Å²) in [4.78, 5) is 21.9. The Morgan fingerprint density at radius 2 is 1.94 bits per heavy atom. The minimum Gasteiger partial charge on any atom is -0.479 e. The molecule has 0 aliphatic heterocycles. The van der Waals surface area contributed by atoms with E-state index in [0.717, 1.165) is 32.6 Å². The van der Waals surface area contributed by atoms with E-state index in [2.05, 4.69) is 10.6 Å². The second-order valence-electron chi connectivity index (χ2n) is 4.39. The SMILES string of the molecule is CC(O)(CNC(=O)NC1CCCC1)C(=O)O. The molecule has 0 bridgehead atoms. The molecule has 0 aromatic rings. The topological polar surface area (TPSA) is 98.7 Å². The lowest BCUT2D eigenvalue weighted by molar-refractivity contribution is -0.155. The van der Waals surface area contributed by atoms with Crippen molar-refractivity contribution in [3.63, 3.8) is 0 Å². The van der Waals surface area contributed by atoms with Crippen molar-refractivity contribution < 1.29 is 19.8 Å². The molecule has 92 valence electrons. The van der Waals surface area contributed by atoms with Crippen molar-refractivity contribution >= 4 is 12.0 Å². The number of carbonyl (C=O) groups excluding carboxylic acids is 1. The molecular weight excluding hydrogens is 212 g/mol. The largest absolute Gasteiger partial charge is 0.479 e. The van der Waals surface area contributed by atoms with E-state index in [1.54, 1.807) is 0 Å². The summed E-state index contributed by atoms with van der Waals surface area (Å²) in [5, 5.41) is 23.1. The van der Waals surface area contributed by atoms with Gasteiger partial charge in [0, 0.05) is 6.04 Å². The molecular formula is C10H18N2O4. The number of aliphatic hydroxyl groups is 1. The van der Waals surface area contributed by atoms with Crippen LogP contribution >= 0.6 is 0 Å². The summed E-state index contributed by atoms with van der Waals surface area (Å²) in [6.07, 6.45) is 4.14. The van der Waals surface area contributed by atoms with E-state index >= 15 is 0 Å². The second-order valence-corrected chi connectivity index (χ2v) is 4.39. The van der Waals surface area contributed by atoms with E-state index in [4.69, 9.17) is 5.11 Å². The minimum atomic E-state index is -1.92. The van der Waals surface area contributed by atoms with E-state index < -0.39 is 17.6 Å². The fourth-order valence-corrected chi connectivity index (χ4v) is 1.63. The van der Waals surface area contributed by atoms with Crippen molar-refractivity contribution in [1.29, 1.82) is 0 Å². The molecule has 1 unspecified atom stereocenters. The molecule has 1 saturated carbocycles. The van der Waals surface area contributed by atoms with Gasteiger partial charge in [0.05, 0.1) is 6.54 Å². The second kappa shape index (κ2) is 5.16. The predicted molar refractivity (Wildman–Crippen MR) is 57.1 cm³/mol. The van der Waals surface area contributed by atoms with Crippen molar-refractivity contribution in [2.24, 2.45) is 0 Å². The highest BCUT2D eigenvalue weighted by molar-refractivity contribution is 5.79. The van der Waals surface area contributed by atoms with Gasteiger partial charge in [-0.05, 0) is 19.8 Å². The smallest absolute Gasteiger partial charge is 0.337 e. The van der Waals surface area contributed by atoms with Crippen LogP contribution in [-0.4, -0.2) is 40.4 Å². The molecule has 0 radical (unpaired) electrons. The Morgan fingerprint density at radius 1 is 1.38 bits per heavy atom. The van der Waals surface area contributed by atoms with Crippen molar-refractivity contribution in [3.8, 4) is 0 Å². The third-order valence-corrected chi connectivity index (χ3v) is 2.74. The maximum absolute atomic E-state index is 11.3. The molecule has 2 amide bonds. The maximum Gasteiger partial charge on any atom is 0.337 e. The van der Waals surface area contributed by atoms with E-state index in [1.807, 2.05) is 0 Å². The Kier molecular flexibility index (Phi) is 4.12. The van der Waals surface area contributed by atoms with Gasteiger partial charge in [-0.2, -0.15) is 0 Å². The number of aliphatic carboxylic acids is 1. The monoisotopic (exact) mass is 230 g/mol. The first-order chi connectivity index (χ1) is 7.42. The third-order valence-electron chi connectivity index (χ3n) is 2.74. The van der Waals surface area contributed by atoms with E-state index in [-0.39, 0.29) is 12.6 Å². The quantitative estimate of drug-likeness (QED) is 0.549. The number of carboxylic acids is 1. The molecule has 1 atom stereocenters. The Morgan fingerprint density at radius 3 is 2.44 bits per heavy atom. The highest BCUT2D eigenvalue weighted by Gasteiger charge is 2.30. The standard InChI is InChI=1S/C10H18N2O4/c1-10(16,8(13)14)6-11-9(15)12-7-4-2-3-5-7/h7,16H,2-6H2,1H3,(H,13,14)(H2,11,12,15). The van der Waals surface area contributed by atoms with Gasteiger partial charge in [-0.1, -0.05) is 12.8 Å². The number of nitrogens with one attached hydrogen (secondary N) is 2. The molecule has 16 heavy (non-hydrogen) atoms. The van der Waals surface area contributed by atoms with Gasteiger partial charge in [-0.3, -0.25) is 0 Å². The van der Waals surface area contributed by atoms with Crippen LogP contribution in [0.25, 0.3) is 0 Å². The lowest BCUT2D eigenvalue weighted by Gasteiger charge is -2.19. The molecule has 0 aromatic carbocycles. The van der Waals surface area contributed by atoms with E-state index in [1.165, 1.54) is 0 Å². The van der Waals surface area contributed by atoms with Crippen LogP contribution in [0.3, 0.4) is 0 Å². The van der Waals surface area contributed by atoms with Gasteiger partial charge in [-0.25, -0.2) is 9.59 Å². The first kappa shape index (κ1) is 12.8. The predicted octanol–water partition coefficient (Wildman–Crippen LogP) is 0.0638. The van der Waals surface area contributed by atoms with Crippen molar-refractivity contribution in [1.82, 2.24) is 10.6 Å². The van der Waals surface area contributed by atoms with Gasteiger partial charge >= 0.3 is 12.0 Å². The number of amides is 2. The molecule has 4 N–H and O–H groups in total. The van der Waals surface area contributed by atoms with Gasteiger partial charge < -0.3 is 20.8 Å². The third kappa shape index (κ3) is 3.69. The van der Waals surface area contributed by atoms with Crippen LogP contribution in [0.5, 0.6) is 0 Å². The van der Waals surface area contributed by atoms with E-state index in [9.17, 15) is 14.7 Å². The fraction of sp³-hybridized carbons (Fsp3) is 0.800. The van der Waals surface area contributed by atoms with Crippen LogP contribution in [0.15, 0.2) is 0 Å². The van der Waals surface area contributed by atoms with Gasteiger partial charge in [0.25, 0.3) is 0 Å². The summed E-state index contributed by atoms with van der Waals surface area (Å²) < 4.78 is 0. The van der Waals surface area contributed by atoms with Crippen molar-refractivity contribution in [2.75, 3.05) is 6.54 Å². The molecule has 0 aromatic heterocycles. The van der Waals surface area contributed by atoms with Gasteiger partial charge in [-0.15, -0.1) is 0 Å². The first-order valence-electron chi connectivity index (χ1n) is 5.42. The Balaban J connectivity index is 2.26. The molecule has 6 heteroatoms. The summed E-state index contributed by atoms with van der Waals surface area (Å²) in [5.74, 6) is -1.35. The summed E-state index contributed by atoms with van der Waals surface area (Å²) in [5.41, 5.74) is -1.92. The Labute approximate surface area is 94.0 Å². The van der Waals surface area contributed by atoms with Crippen LogP contribution in [0.1, 0.15) is 32.6 Å². The average molecular weight is 230 g/mol. The molecule has 6 nitrogen and oxygen atoms in total. The number of carboxylic acid groups (broad SMARTS) is 1. The Bertz CT molecular complexity index is 272. The van der Waals surface area contributed by atoms with Crippen LogP contribution in [-0.2, 0) is 4.79 Å². The Hall–Kier alpha value is -1.30. The molecule has 1 aliphatic carbocycles. The maximum atomic E-state index is 11.3. The zero-order valence-corrected chi connectivity index (χ0v) is 9.32. The summed E-state index contributed by atoms with van der Waals surface area (Å²) in [7, 11) is 0. The summed E-state index contributed by atoms with van der Waals surface area (Å²) in [6.45, 7) is 0.839. The van der Waals surface area contributed by atoms with Crippen molar-refractivity contribution in [3.05, 3.63) is 0 Å². The molecule has 1 rings (SSSR count). The van der Waals surface area contributed by atoms with Crippen LogP contribution in [0.4, 0.5) is 4.79 Å². The number of hydrogen-bond donors (Lipinski definition) is 4. The number of hydrogen-bond acceptors (Lipinski definition) is 3. The molecule has 0 heterocycles. The highest BCUT2D eigenvalue weighted by atomic mass is 16.4. The summed E-state index contributed by atoms with van der Waals surface area (Å²) >= 11 is 0. The fourth-order valence-electron chi connectivity index (χ4n) is 1.63. The average Bonchev–Trinajstić information content (AvgIpc) is 2.67. The number of rotatable bonds is 4. The van der Waals surface area contributed by atoms with Crippen LogP contribution < -0.4 is 10.6 Å². The van der Waals surface area contributed by atoms with Gasteiger partial charge in [0.2, 0.25) is 0 Å². The van der Waals surface area contributed by atoms with Gasteiger partial charge in [0.1, 0.15) is 0 Å². The number of urea groups is 1. The molecule has 1 fully saturated rings. The van der Waals surface area contributed by atoms with Gasteiger partial charge in [0.15, 0.2) is 5.60 Å². The zero-order valence-electron chi connectivity index (χ0n) is 9.32.